The number of rotatable bonds is 4. The summed E-state index contributed by atoms with van der Waals surface area (Å²) in [4.78, 5) is 15.3. The summed E-state index contributed by atoms with van der Waals surface area (Å²) in [6.07, 6.45) is 5.77. The van der Waals surface area contributed by atoms with Gasteiger partial charge in [-0.1, -0.05) is 30.2 Å². The van der Waals surface area contributed by atoms with E-state index in [1.165, 1.54) is 19.3 Å². The number of esters is 1. The first kappa shape index (κ1) is 16.6. The van der Waals surface area contributed by atoms with Crippen molar-refractivity contribution in [2.24, 2.45) is 0 Å². The second kappa shape index (κ2) is 8.63. The Morgan fingerprint density at radius 3 is 2.73 bits per heavy atom. The molecule has 0 bridgehead atoms. The molecule has 1 aromatic carbocycles. The molecule has 3 N–H and O–H groups in total. The highest BCUT2D eigenvalue weighted by Gasteiger charge is 2.24. The number of ether oxygens (including phenoxy) is 1. The highest BCUT2D eigenvalue weighted by atomic mass is 35.5. The molecule has 0 aromatic heterocycles. The third-order valence-corrected chi connectivity index (χ3v) is 3.96. The Bertz CT molecular complexity index is 528. The van der Waals surface area contributed by atoms with E-state index in [4.69, 9.17) is 16.3 Å². The molecule has 0 aliphatic heterocycles. The van der Waals surface area contributed by atoms with Crippen LogP contribution in [0, 0.1) is 0 Å². The molecule has 1 aliphatic rings. The van der Waals surface area contributed by atoms with Crippen LogP contribution in [0.2, 0.25) is 5.02 Å². The van der Waals surface area contributed by atoms with E-state index in [0.717, 1.165) is 12.8 Å². The summed E-state index contributed by atoms with van der Waals surface area (Å²) in [5, 5.41) is 0.580. The van der Waals surface area contributed by atoms with E-state index in [0.29, 0.717) is 29.2 Å². The van der Waals surface area contributed by atoms with Gasteiger partial charge in [0.05, 0.1) is 23.4 Å². The molecule has 0 heterocycles. The van der Waals surface area contributed by atoms with Crippen LogP contribution in [-0.2, 0) is 9.53 Å². The first-order valence-corrected chi connectivity index (χ1v) is 8.15. The molecule has 120 valence electrons. The number of nitrogens with one attached hydrogen (secondary N) is 3. The van der Waals surface area contributed by atoms with Gasteiger partial charge in [-0.05, 0) is 44.7 Å². The number of para-hydroxylation sites is 1. The normalized spacial score (nSPS) is 16.2. The molecule has 6 heteroatoms. The molecule has 22 heavy (non-hydrogen) atoms. The molecule has 5 nitrogen and oxygen atoms in total. The van der Waals surface area contributed by atoms with Gasteiger partial charge in [0.15, 0.2) is 0 Å². The van der Waals surface area contributed by atoms with Gasteiger partial charge in [-0.2, -0.15) is 5.43 Å². The lowest BCUT2D eigenvalue weighted by Gasteiger charge is -2.16. The molecule has 1 saturated carbocycles. The number of halogens is 1. The van der Waals surface area contributed by atoms with Gasteiger partial charge in [0.2, 0.25) is 0 Å². The largest absolute Gasteiger partial charge is 0.457 e. The van der Waals surface area contributed by atoms with Crippen LogP contribution in [0.1, 0.15) is 39.0 Å². The SMILES string of the molecule is CCOC(=O)C(NNc1ccccc1Cl)=[NH+]C1CCCCC1. The van der Waals surface area contributed by atoms with Gasteiger partial charge in [0.1, 0.15) is 0 Å². The Kier molecular flexibility index (Phi) is 6.52. The maximum atomic E-state index is 12.1. The van der Waals surface area contributed by atoms with Crippen LogP contribution >= 0.6 is 11.6 Å². The van der Waals surface area contributed by atoms with Crippen LogP contribution in [0.4, 0.5) is 5.69 Å². The van der Waals surface area contributed by atoms with E-state index in [1.807, 2.05) is 18.2 Å². The zero-order valence-electron chi connectivity index (χ0n) is 12.8. The third kappa shape index (κ3) is 4.91. The summed E-state index contributed by atoms with van der Waals surface area (Å²) in [5.41, 5.74) is 6.57. The fourth-order valence-electron chi connectivity index (χ4n) is 2.49. The van der Waals surface area contributed by atoms with Crippen LogP contribution in [0.3, 0.4) is 0 Å². The molecule has 0 spiro atoms. The standard InChI is InChI=1S/C16H22ClN3O2/c1-2-22-16(21)15(18-12-8-4-3-5-9-12)20-19-14-11-7-6-10-13(14)17/h6-7,10-12,19H,2-5,8-9H2,1H3,(H,18,20)/p+1. The molecule has 0 radical (unpaired) electrons. The molecule has 2 rings (SSSR count). The maximum Gasteiger partial charge on any atom is 0.423 e. The van der Waals surface area contributed by atoms with E-state index in [1.54, 1.807) is 13.0 Å². The van der Waals surface area contributed by atoms with E-state index >= 15 is 0 Å². The average molecular weight is 325 g/mol. The number of anilines is 1. The number of hydrogen-bond acceptors (Lipinski definition) is 3. The van der Waals surface area contributed by atoms with Gasteiger partial charge < -0.3 is 4.74 Å². The van der Waals surface area contributed by atoms with Crippen molar-refractivity contribution >= 4 is 29.1 Å². The zero-order valence-corrected chi connectivity index (χ0v) is 13.6. The molecule has 0 atom stereocenters. The Balaban J connectivity index is 2.05. The second-order valence-corrected chi connectivity index (χ2v) is 5.71. The van der Waals surface area contributed by atoms with Gasteiger partial charge in [-0.3, -0.25) is 4.99 Å². The highest BCUT2D eigenvalue weighted by molar-refractivity contribution is 6.34. The summed E-state index contributed by atoms with van der Waals surface area (Å²) in [5.74, 6) is -0.0682. The van der Waals surface area contributed by atoms with Crippen molar-refractivity contribution in [1.82, 2.24) is 5.43 Å². The van der Waals surface area contributed by atoms with Crippen molar-refractivity contribution in [3.05, 3.63) is 29.3 Å². The number of amidine groups is 1. The number of hydrogen-bond donors (Lipinski definition) is 3. The van der Waals surface area contributed by atoms with Gasteiger partial charge in [-0.25, -0.2) is 10.2 Å². The summed E-state index contributed by atoms with van der Waals surface area (Å²) < 4.78 is 5.09. The van der Waals surface area contributed by atoms with Gasteiger partial charge >= 0.3 is 11.8 Å². The van der Waals surface area contributed by atoms with Crippen LogP contribution in [0.5, 0.6) is 0 Å². The maximum absolute atomic E-state index is 12.1. The van der Waals surface area contributed by atoms with Crippen LogP contribution in [-0.4, -0.2) is 24.5 Å². The summed E-state index contributed by atoms with van der Waals surface area (Å²) in [6, 6.07) is 7.63. The van der Waals surface area contributed by atoms with Crippen molar-refractivity contribution in [2.75, 3.05) is 12.0 Å². The average Bonchev–Trinajstić information content (AvgIpc) is 2.54. The smallest absolute Gasteiger partial charge is 0.423 e. The van der Waals surface area contributed by atoms with E-state index < -0.39 is 5.97 Å². The second-order valence-electron chi connectivity index (χ2n) is 5.30. The Morgan fingerprint density at radius 1 is 1.32 bits per heavy atom. The molecular formula is C16H23ClN3O2+. The van der Waals surface area contributed by atoms with Gasteiger partial charge in [0.25, 0.3) is 0 Å². The molecule has 1 fully saturated rings. The number of hydrazine groups is 1. The Morgan fingerprint density at radius 2 is 2.05 bits per heavy atom. The van der Waals surface area contributed by atoms with Crippen molar-refractivity contribution < 1.29 is 14.5 Å². The quantitative estimate of drug-likeness (QED) is 0.341. The lowest BCUT2D eigenvalue weighted by atomic mass is 9.96. The molecule has 1 aromatic rings. The number of benzene rings is 1. The minimum absolute atomic E-state index is 0.300. The van der Waals surface area contributed by atoms with Crippen molar-refractivity contribution in [2.45, 2.75) is 45.1 Å². The monoisotopic (exact) mass is 324 g/mol. The highest BCUT2D eigenvalue weighted by Crippen LogP contribution is 2.19. The fraction of sp³-hybridized carbons (Fsp3) is 0.500. The van der Waals surface area contributed by atoms with E-state index in [-0.39, 0.29) is 0 Å². The minimum atomic E-state index is -0.396. The minimum Gasteiger partial charge on any atom is -0.457 e. The number of carbonyl (C=O) groups excluding carboxylic acids is 1. The summed E-state index contributed by atoms with van der Waals surface area (Å²) in [7, 11) is 0. The molecular weight excluding hydrogens is 302 g/mol. The summed E-state index contributed by atoms with van der Waals surface area (Å²) in [6.45, 7) is 2.13. The molecule has 0 saturated heterocycles. The van der Waals surface area contributed by atoms with Crippen LogP contribution in [0.25, 0.3) is 0 Å². The van der Waals surface area contributed by atoms with Crippen molar-refractivity contribution in [3.8, 4) is 0 Å². The van der Waals surface area contributed by atoms with Crippen LogP contribution < -0.4 is 15.8 Å². The molecule has 0 unspecified atom stereocenters. The lowest BCUT2D eigenvalue weighted by Crippen LogP contribution is -2.84. The van der Waals surface area contributed by atoms with Crippen LogP contribution in [0.15, 0.2) is 24.3 Å². The Hall–Kier alpha value is -1.75. The predicted molar refractivity (Wildman–Crippen MR) is 87.7 cm³/mol. The van der Waals surface area contributed by atoms with Crippen molar-refractivity contribution in [3.63, 3.8) is 0 Å². The summed E-state index contributed by atoms with van der Waals surface area (Å²) >= 11 is 6.09. The fourth-order valence-corrected chi connectivity index (χ4v) is 2.68. The van der Waals surface area contributed by atoms with Crippen molar-refractivity contribution in [1.29, 1.82) is 0 Å². The van der Waals surface area contributed by atoms with Gasteiger partial charge in [0, 0.05) is 0 Å². The van der Waals surface area contributed by atoms with E-state index in [2.05, 4.69) is 15.8 Å². The Labute approximate surface area is 136 Å². The lowest BCUT2D eigenvalue weighted by molar-refractivity contribution is -0.508. The molecule has 1 aliphatic carbocycles. The zero-order chi connectivity index (χ0) is 15.8. The first-order valence-electron chi connectivity index (χ1n) is 7.78. The topological polar surface area (TPSA) is 64.3 Å². The van der Waals surface area contributed by atoms with Gasteiger partial charge in [-0.15, -0.1) is 0 Å². The first-order chi connectivity index (χ1) is 10.7. The van der Waals surface area contributed by atoms with E-state index in [9.17, 15) is 4.79 Å². The third-order valence-electron chi connectivity index (χ3n) is 3.63. The molecule has 0 amide bonds. The number of carbonyl (C=O) groups is 1. The predicted octanol–water partition coefficient (Wildman–Crippen LogP) is 1.63.